The van der Waals surface area contributed by atoms with E-state index in [1.165, 1.54) is 0 Å². The number of carboxylic acid groups (broad SMARTS) is 1. The van der Waals surface area contributed by atoms with Gasteiger partial charge in [0.15, 0.2) is 0 Å². The molecule has 1 aliphatic rings. The third kappa shape index (κ3) is 6.67. The van der Waals surface area contributed by atoms with Crippen LogP contribution in [0.5, 0.6) is 0 Å². The molecule has 0 saturated heterocycles. The molecule has 0 spiro atoms. The number of aromatic nitrogens is 1. The maximum absolute atomic E-state index is 12.7. The fraction of sp³-hybridized carbons (Fsp3) is 0.577. The number of carbonyl (C=O) groups is 2. The summed E-state index contributed by atoms with van der Waals surface area (Å²) in [6.07, 6.45) is 4.18. The van der Waals surface area contributed by atoms with Crippen molar-refractivity contribution in [2.45, 2.75) is 72.4 Å². The van der Waals surface area contributed by atoms with Gasteiger partial charge in [-0.3, -0.25) is 4.79 Å². The van der Waals surface area contributed by atoms with E-state index >= 15 is 0 Å². The average molecular weight is 457 g/mol. The van der Waals surface area contributed by atoms with Crippen LogP contribution in [0.2, 0.25) is 0 Å². The standard InChI is InChI=1S/C26H36N2O5/c1-5-22-21(27-25(33-22)20-11-6-8-17(4)12-20)15-32-14-18-9-7-10-19(13-18)24(29)28-23(16(2)3)26(30)31/h6,8,11-12,16,18-19,23H,5,7,9-10,13-15H2,1-4H3,(H,28,29)(H,30,31)/t18?,19?,23-/m0/s1. The predicted octanol–water partition coefficient (Wildman–Crippen LogP) is 4.76. The van der Waals surface area contributed by atoms with Gasteiger partial charge in [-0.15, -0.1) is 0 Å². The molecule has 0 radical (unpaired) electrons. The Labute approximate surface area is 195 Å². The van der Waals surface area contributed by atoms with E-state index in [4.69, 9.17) is 9.15 Å². The Morgan fingerprint density at radius 1 is 1.30 bits per heavy atom. The Bertz CT molecular complexity index is 952. The molecule has 1 heterocycles. The number of hydrogen-bond donors (Lipinski definition) is 2. The number of oxazole rings is 1. The van der Waals surface area contributed by atoms with Crippen molar-refractivity contribution in [3.63, 3.8) is 0 Å². The van der Waals surface area contributed by atoms with Crippen molar-refractivity contribution >= 4 is 11.9 Å². The van der Waals surface area contributed by atoms with Crippen LogP contribution >= 0.6 is 0 Å². The Hall–Kier alpha value is -2.67. The minimum atomic E-state index is -0.988. The molecule has 1 saturated carbocycles. The third-order valence-electron chi connectivity index (χ3n) is 6.34. The topological polar surface area (TPSA) is 102 Å². The molecule has 1 aromatic heterocycles. The van der Waals surface area contributed by atoms with Crippen LogP contribution in [0.4, 0.5) is 0 Å². The number of aliphatic carboxylic acids is 1. The van der Waals surface area contributed by atoms with Gasteiger partial charge in [0.2, 0.25) is 11.8 Å². The van der Waals surface area contributed by atoms with Gasteiger partial charge < -0.3 is 19.6 Å². The van der Waals surface area contributed by atoms with Crippen LogP contribution in [-0.2, 0) is 27.4 Å². The number of carbonyl (C=O) groups excluding carboxylic acids is 1. The van der Waals surface area contributed by atoms with Crippen LogP contribution in [0, 0.1) is 24.7 Å². The summed E-state index contributed by atoms with van der Waals surface area (Å²) in [5.41, 5.74) is 2.93. The Kier molecular flexibility index (Phi) is 8.67. The molecule has 3 atom stereocenters. The summed E-state index contributed by atoms with van der Waals surface area (Å²) in [5.74, 6) is 0.243. The van der Waals surface area contributed by atoms with E-state index in [1.54, 1.807) is 13.8 Å². The Morgan fingerprint density at radius 3 is 2.76 bits per heavy atom. The maximum Gasteiger partial charge on any atom is 0.326 e. The van der Waals surface area contributed by atoms with E-state index in [0.29, 0.717) is 25.5 Å². The molecule has 1 fully saturated rings. The van der Waals surface area contributed by atoms with E-state index in [1.807, 2.05) is 32.0 Å². The number of nitrogens with zero attached hydrogens (tertiary/aromatic N) is 1. The summed E-state index contributed by atoms with van der Waals surface area (Å²) in [5, 5.41) is 12.1. The molecule has 3 rings (SSSR count). The van der Waals surface area contributed by atoms with Crippen molar-refractivity contribution in [3.8, 4) is 11.5 Å². The summed E-state index contributed by atoms with van der Waals surface area (Å²) >= 11 is 0. The highest BCUT2D eigenvalue weighted by Crippen LogP contribution is 2.30. The van der Waals surface area contributed by atoms with Crippen LogP contribution in [0.25, 0.3) is 11.5 Å². The van der Waals surface area contributed by atoms with Gasteiger partial charge in [0.05, 0.1) is 6.61 Å². The molecule has 7 nitrogen and oxygen atoms in total. The summed E-state index contributed by atoms with van der Waals surface area (Å²) < 4.78 is 12.0. The molecule has 180 valence electrons. The second kappa shape index (κ2) is 11.5. The predicted molar refractivity (Wildman–Crippen MR) is 126 cm³/mol. The number of nitrogens with one attached hydrogen (secondary N) is 1. The largest absolute Gasteiger partial charge is 0.480 e. The highest BCUT2D eigenvalue weighted by molar-refractivity contribution is 5.85. The molecule has 7 heteroatoms. The van der Waals surface area contributed by atoms with E-state index in [-0.39, 0.29) is 23.7 Å². The van der Waals surface area contributed by atoms with Gasteiger partial charge >= 0.3 is 5.97 Å². The molecular weight excluding hydrogens is 420 g/mol. The normalized spacial score (nSPS) is 19.4. The van der Waals surface area contributed by atoms with Gasteiger partial charge in [-0.1, -0.05) is 44.9 Å². The zero-order valence-corrected chi connectivity index (χ0v) is 20.1. The molecule has 1 aliphatic carbocycles. The van der Waals surface area contributed by atoms with Crippen molar-refractivity contribution in [2.24, 2.45) is 17.8 Å². The molecule has 2 unspecified atom stereocenters. The van der Waals surface area contributed by atoms with Gasteiger partial charge in [-0.25, -0.2) is 9.78 Å². The zero-order valence-electron chi connectivity index (χ0n) is 20.1. The second-order valence-electron chi connectivity index (χ2n) is 9.43. The summed E-state index contributed by atoms with van der Waals surface area (Å²) in [6.45, 7) is 8.60. The first-order chi connectivity index (χ1) is 15.8. The zero-order chi connectivity index (χ0) is 24.0. The van der Waals surface area contributed by atoms with Gasteiger partial charge in [0, 0.05) is 24.5 Å². The van der Waals surface area contributed by atoms with Crippen molar-refractivity contribution in [3.05, 3.63) is 41.3 Å². The maximum atomic E-state index is 12.7. The second-order valence-corrected chi connectivity index (χ2v) is 9.43. The first-order valence-electron chi connectivity index (χ1n) is 11.9. The van der Waals surface area contributed by atoms with Gasteiger partial charge in [-0.05, 0) is 50.2 Å². The Morgan fingerprint density at radius 2 is 2.09 bits per heavy atom. The van der Waals surface area contributed by atoms with Crippen molar-refractivity contribution < 1.29 is 23.8 Å². The minimum Gasteiger partial charge on any atom is -0.480 e. The van der Waals surface area contributed by atoms with Crippen LogP contribution in [0.15, 0.2) is 28.7 Å². The summed E-state index contributed by atoms with van der Waals surface area (Å²) in [4.78, 5) is 28.8. The van der Waals surface area contributed by atoms with Crippen molar-refractivity contribution in [2.75, 3.05) is 6.61 Å². The van der Waals surface area contributed by atoms with Crippen molar-refractivity contribution in [1.82, 2.24) is 10.3 Å². The molecular formula is C26H36N2O5. The fourth-order valence-electron chi connectivity index (χ4n) is 4.46. The van der Waals surface area contributed by atoms with Gasteiger partial charge in [0.1, 0.15) is 17.5 Å². The minimum absolute atomic E-state index is 0.158. The molecule has 2 aromatic rings. The van der Waals surface area contributed by atoms with Crippen LogP contribution < -0.4 is 5.32 Å². The summed E-state index contributed by atoms with van der Waals surface area (Å²) in [6, 6.07) is 7.23. The molecule has 0 aliphatic heterocycles. The smallest absolute Gasteiger partial charge is 0.326 e. The van der Waals surface area contributed by atoms with E-state index in [2.05, 4.69) is 16.4 Å². The van der Waals surface area contributed by atoms with Gasteiger partial charge in [-0.2, -0.15) is 0 Å². The van der Waals surface area contributed by atoms with E-state index < -0.39 is 12.0 Å². The lowest BCUT2D eigenvalue weighted by atomic mass is 9.81. The van der Waals surface area contributed by atoms with Crippen LogP contribution in [0.3, 0.4) is 0 Å². The van der Waals surface area contributed by atoms with E-state index in [0.717, 1.165) is 48.3 Å². The number of hydrogen-bond acceptors (Lipinski definition) is 5. The SMILES string of the molecule is CCc1oc(-c2cccc(C)c2)nc1COCC1CCCC(C(=O)N[C@H](C(=O)O)C(C)C)C1. The lowest BCUT2D eigenvalue weighted by Crippen LogP contribution is -2.47. The molecule has 33 heavy (non-hydrogen) atoms. The van der Waals surface area contributed by atoms with Crippen LogP contribution in [-0.4, -0.2) is 34.6 Å². The number of carboxylic acids is 1. The van der Waals surface area contributed by atoms with Crippen molar-refractivity contribution in [1.29, 1.82) is 0 Å². The number of ether oxygens (including phenoxy) is 1. The first-order valence-corrected chi connectivity index (χ1v) is 11.9. The quantitative estimate of drug-likeness (QED) is 0.534. The van der Waals surface area contributed by atoms with E-state index in [9.17, 15) is 14.7 Å². The monoisotopic (exact) mass is 456 g/mol. The average Bonchev–Trinajstić information content (AvgIpc) is 3.20. The molecule has 1 aromatic carbocycles. The summed E-state index contributed by atoms with van der Waals surface area (Å²) in [7, 11) is 0. The van der Waals surface area contributed by atoms with Crippen LogP contribution in [0.1, 0.15) is 63.5 Å². The number of benzene rings is 1. The molecule has 1 amide bonds. The lowest BCUT2D eigenvalue weighted by Gasteiger charge is -2.29. The number of rotatable bonds is 10. The lowest BCUT2D eigenvalue weighted by molar-refractivity contribution is -0.144. The number of aryl methyl sites for hydroxylation is 2. The fourth-order valence-corrected chi connectivity index (χ4v) is 4.46. The Balaban J connectivity index is 1.54. The highest BCUT2D eigenvalue weighted by Gasteiger charge is 2.31. The number of amides is 1. The highest BCUT2D eigenvalue weighted by atomic mass is 16.5. The molecule has 2 N–H and O–H groups in total. The molecule has 0 bridgehead atoms. The van der Waals surface area contributed by atoms with Gasteiger partial charge in [0.25, 0.3) is 0 Å². The third-order valence-corrected chi connectivity index (χ3v) is 6.34. The first kappa shape index (κ1) is 25.0.